The van der Waals surface area contributed by atoms with E-state index in [1.807, 2.05) is 13.0 Å². The maximum atomic E-state index is 14.8. The monoisotopic (exact) mass is 513 g/mol. The Kier molecular flexibility index (Phi) is 8.36. The average molecular weight is 514 g/mol. The Hall–Kier alpha value is -3.14. The molecule has 1 aromatic carbocycles. The number of aliphatic hydroxyl groups excluding tert-OH is 1. The number of rotatable bonds is 8. The van der Waals surface area contributed by atoms with E-state index in [1.54, 1.807) is 19.3 Å². The lowest BCUT2D eigenvalue weighted by molar-refractivity contribution is 0.0519. The molecule has 1 fully saturated rings. The standard InChI is InChI=1S/C28H30F3N3O3/c1-3-37-14-16-9-21(30)26(22(31)10-16)27-20(29)4-5-24(34-27)25(35)12-18-13-33-7-6-19(18)17-8-15(2)28(36)23(32)11-17/h4-7,9-10,13,15,17,23,28,36H,3,8,11-12,14,32H2,1-2H3/t15-,17+,23+,28-/m0/s1. The first-order chi connectivity index (χ1) is 17.7. The Bertz CT molecular complexity index is 1250. The van der Waals surface area contributed by atoms with Gasteiger partial charge < -0.3 is 15.6 Å². The van der Waals surface area contributed by atoms with E-state index in [9.17, 15) is 23.1 Å². The predicted molar refractivity (Wildman–Crippen MR) is 132 cm³/mol. The summed E-state index contributed by atoms with van der Waals surface area (Å²) >= 11 is 0. The Balaban J connectivity index is 1.61. The number of ether oxygens (including phenoxy) is 1. The van der Waals surface area contributed by atoms with E-state index in [1.165, 1.54) is 6.07 Å². The van der Waals surface area contributed by atoms with E-state index in [4.69, 9.17) is 10.5 Å². The van der Waals surface area contributed by atoms with E-state index in [0.717, 1.165) is 23.8 Å². The second-order valence-corrected chi connectivity index (χ2v) is 9.57. The number of pyridine rings is 2. The molecule has 0 aliphatic heterocycles. The molecule has 2 heterocycles. The first kappa shape index (κ1) is 26.9. The number of Topliss-reactive ketones (excluding diaryl/α,β-unsaturated/α-hetero) is 1. The van der Waals surface area contributed by atoms with Gasteiger partial charge in [0.05, 0.1) is 18.3 Å². The highest BCUT2D eigenvalue weighted by atomic mass is 19.1. The summed E-state index contributed by atoms with van der Waals surface area (Å²) in [6.07, 6.45) is 3.83. The van der Waals surface area contributed by atoms with Gasteiger partial charge in [-0.15, -0.1) is 0 Å². The van der Waals surface area contributed by atoms with Crippen molar-refractivity contribution >= 4 is 5.78 Å². The highest BCUT2D eigenvalue weighted by molar-refractivity contribution is 5.96. The molecule has 9 heteroatoms. The van der Waals surface area contributed by atoms with Crippen LogP contribution in [0.25, 0.3) is 11.3 Å². The lowest BCUT2D eigenvalue weighted by Gasteiger charge is -2.36. The molecule has 0 spiro atoms. The summed E-state index contributed by atoms with van der Waals surface area (Å²) in [6, 6.07) is 5.78. The van der Waals surface area contributed by atoms with Crippen LogP contribution in [0.4, 0.5) is 13.2 Å². The van der Waals surface area contributed by atoms with Gasteiger partial charge in [-0.3, -0.25) is 9.78 Å². The molecule has 0 bridgehead atoms. The SMILES string of the molecule is CCOCc1cc(F)c(-c2nc(C(=O)Cc3cnccc3[C@H]3C[C@@H](N)[C@@H](O)[C@@H](C)C3)ccc2F)c(F)c1. The molecule has 196 valence electrons. The van der Waals surface area contributed by atoms with Crippen LogP contribution in [0.1, 0.15) is 59.8 Å². The fraction of sp³-hybridized carbons (Fsp3) is 0.393. The van der Waals surface area contributed by atoms with E-state index >= 15 is 0 Å². The lowest BCUT2D eigenvalue weighted by Crippen LogP contribution is -2.44. The van der Waals surface area contributed by atoms with Gasteiger partial charge >= 0.3 is 0 Å². The molecule has 0 saturated heterocycles. The van der Waals surface area contributed by atoms with Gasteiger partial charge in [0, 0.05) is 31.5 Å². The Labute approximate surface area is 213 Å². The van der Waals surface area contributed by atoms with Gasteiger partial charge in [0.1, 0.15) is 28.8 Å². The zero-order valence-electron chi connectivity index (χ0n) is 20.8. The highest BCUT2D eigenvalue weighted by Crippen LogP contribution is 2.37. The van der Waals surface area contributed by atoms with E-state index in [2.05, 4.69) is 9.97 Å². The summed E-state index contributed by atoms with van der Waals surface area (Å²) in [5.74, 6) is -3.35. The van der Waals surface area contributed by atoms with Crippen LogP contribution in [-0.4, -0.2) is 39.6 Å². The number of nitrogens with zero attached hydrogens (tertiary/aromatic N) is 2. The van der Waals surface area contributed by atoms with Crippen molar-refractivity contribution in [3.63, 3.8) is 0 Å². The van der Waals surface area contributed by atoms with E-state index in [-0.39, 0.29) is 42.2 Å². The number of hydrogen-bond donors (Lipinski definition) is 2. The van der Waals surface area contributed by atoms with Crippen LogP contribution in [0, 0.1) is 23.4 Å². The molecule has 1 aliphatic rings. The number of carbonyl (C=O) groups is 1. The van der Waals surface area contributed by atoms with Crippen molar-refractivity contribution in [3.05, 3.63) is 82.6 Å². The zero-order valence-corrected chi connectivity index (χ0v) is 20.8. The zero-order chi connectivity index (χ0) is 26.7. The molecule has 4 atom stereocenters. The normalized spacial score (nSPS) is 21.7. The fourth-order valence-corrected chi connectivity index (χ4v) is 5.00. The number of halogens is 3. The van der Waals surface area contributed by atoms with E-state index in [0.29, 0.717) is 25.0 Å². The number of benzene rings is 1. The molecular formula is C28H30F3N3O3. The van der Waals surface area contributed by atoms with Crippen molar-refractivity contribution < 1.29 is 27.8 Å². The molecule has 3 N–H and O–H groups in total. The number of aromatic nitrogens is 2. The molecule has 6 nitrogen and oxygen atoms in total. The number of carbonyl (C=O) groups excluding carboxylic acids is 1. The Morgan fingerprint density at radius 1 is 1.14 bits per heavy atom. The van der Waals surface area contributed by atoms with Gasteiger partial charge in [0.25, 0.3) is 0 Å². The van der Waals surface area contributed by atoms with Crippen molar-refractivity contribution in [1.82, 2.24) is 9.97 Å². The van der Waals surface area contributed by atoms with Gasteiger partial charge in [0.2, 0.25) is 0 Å². The molecule has 1 saturated carbocycles. The van der Waals surface area contributed by atoms with Gasteiger partial charge in [-0.05, 0) is 78.6 Å². The summed E-state index contributed by atoms with van der Waals surface area (Å²) < 4.78 is 49.5. The summed E-state index contributed by atoms with van der Waals surface area (Å²) in [6.45, 7) is 4.08. The van der Waals surface area contributed by atoms with Crippen LogP contribution >= 0.6 is 0 Å². The molecule has 0 radical (unpaired) electrons. The second-order valence-electron chi connectivity index (χ2n) is 9.57. The van der Waals surface area contributed by atoms with Crippen LogP contribution in [0.3, 0.4) is 0 Å². The largest absolute Gasteiger partial charge is 0.391 e. The highest BCUT2D eigenvalue weighted by Gasteiger charge is 2.34. The van der Waals surface area contributed by atoms with E-state index < -0.39 is 40.6 Å². The number of ketones is 1. The minimum Gasteiger partial charge on any atom is -0.391 e. The third-order valence-electron chi connectivity index (χ3n) is 6.91. The minimum absolute atomic E-state index is 0.00323. The molecule has 0 unspecified atom stereocenters. The van der Waals surface area contributed by atoms with Crippen molar-refractivity contribution in [2.24, 2.45) is 11.7 Å². The van der Waals surface area contributed by atoms with Gasteiger partial charge in [-0.25, -0.2) is 18.2 Å². The molecule has 37 heavy (non-hydrogen) atoms. The summed E-state index contributed by atoms with van der Waals surface area (Å²) in [4.78, 5) is 21.4. The fourth-order valence-electron chi connectivity index (χ4n) is 5.00. The van der Waals surface area contributed by atoms with Gasteiger partial charge in [0.15, 0.2) is 5.78 Å². The number of aliphatic hydroxyl groups is 1. The van der Waals surface area contributed by atoms with Crippen LogP contribution in [0.15, 0.2) is 42.7 Å². The number of hydrogen-bond acceptors (Lipinski definition) is 6. The van der Waals surface area contributed by atoms with Crippen molar-refractivity contribution in [3.8, 4) is 11.3 Å². The van der Waals surface area contributed by atoms with Crippen molar-refractivity contribution in [1.29, 1.82) is 0 Å². The van der Waals surface area contributed by atoms with Crippen LogP contribution in [-0.2, 0) is 17.8 Å². The quantitative estimate of drug-likeness (QED) is 0.423. The summed E-state index contributed by atoms with van der Waals surface area (Å²) in [7, 11) is 0. The summed E-state index contributed by atoms with van der Waals surface area (Å²) in [5, 5.41) is 10.2. The first-order valence-electron chi connectivity index (χ1n) is 12.3. The third kappa shape index (κ3) is 5.89. The lowest BCUT2D eigenvalue weighted by atomic mass is 9.74. The smallest absolute Gasteiger partial charge is 0.185 e. The van der Waals surface area contributed by atoms with Crippen LogP contribution in [0.2, 0.25) is 0 Å². The molecular weight excluding hydrogens is 483 g/mol. The molecule has 0 amide bonds. The molecule has 2 aromatic heterocycles. The predicted octanol–water partition coefficient (Wildman–Crippen LogP) is 4.72. The minimum atomic E-state index is -0.995. The van der Waals surface area contributed by atoms with Crippen molar-refractivity contribution in [2.75, 3.05) is 6.61 Å². The molecule has 1 aliphatic carbocycles. The van der Waals surface area contributed by atoms with Crippen LogP contribution < -0.4 is 5.73 Å². The topological polar surface area (TPSA) is 98.3 Å². The van der Waals surface area contributed by atoms with Gasteiger partial charge in [-0.1, -0.05) is 6.92 Å². The first-order valence-corrected chi connectivity index (χ1v) is 12.3. The maximum absolute atomic E-state index is 14.8. The maximum Gasteiger partial charge on any atom is 0.185 e. The van der Waals surface area contributed by atoms with Crippen LogP contribution in [0.5, 0.6) is 0 Å². The number of nitrogens with two attached hydrogens (primary N) is 1. The molecule has 3 aromatic rings. The Morgan fingerprint density at radius 3 is 2.54 bits per heavy atom. The second kappa shape index (κ2) is 11.5. The van der Waals surface area contributed by atoms with Crippen molar-refractivity contribution in [2.45, 2.75) is 57.8 Å². The molecule has 4 rings (SSSR count). The Morgan fingerprint density at radius 2 is 1.86 bits per heavy atom. The van der Waals surface area contributed by atoms with Gasteiger partial charge in [-0.2, -0.15) is 0 Å². The average Bonchev–Trinajstić information content (AvgIpc) is 2.86. The summed E-state index contributed by atoms with van der Waals surface area (Å²) in [5.41, 5.74) is 6.64. The third-order valence-corrected chi connectivity index (χ3v) is 6.91.